The number of nitrogens with zero attached hydrogens (tertiary/aromatic N) is 4. The number of piperazine rings is 1. The number of amides is 1. The fourth-order valence-corrected chi connectivity index (χ4v) is 5.56. The molecule has 0 unspecified atom stereocenters. The first-order valence-electron chi connectivity index (χ1n) is 14.7. The molecule has 4 heterocycles. The molecule has 2 aromatic heterocycles. The Labute approximate surface area is 260 Å². The van der Waals surface area contributed by atoms with E-state index in [4.69, 9.17) is 18.6 Å². The van der Waals surface area contributed by atoms with Gasteiger partial charge in [-0.05, 0) is 50.7 Å². The fourth-order valence-electron chi connectivity index (χ4n) is 5.56. The van der Waals surface area contributed by atoms with Crippen molar-refractivity contribution >= 4 is 39.8 Å². The molecule has 12 heteroatoms. The minimum Gasteiger partial charge on any atom is -0.494 e. The second kappa shape index (κ2) is 12.1. The molecule has 0 spiro atoms. The molecule has 0 saturated carbocycles. The molecular weight excluding hydrogens is 576 g/mol. The van der Waals surface area contributed by atoms with Crippen molar-refractivity contribution < 1.29 is 23.4 Å². The average Bonchev–Trinajstić information content (AvgIpc) is 3.01. The van der Waals surface area contributed by atoms with Crippen LogP contribution in [0.2, 0.25) is 0 Å². The molecule has 45 heavy (non-hydrogen) atoms. The Morgan fingerprint density at radius 3 is 2.64 bits per heavy atom. The number of aromatic nitrogens is 2. The highest BCUT2D eigenvalue weighted by atomic mass is 16.6. The SMILES string of the molecule is C=CC(=O)Nc1cc(Nc2cc(O[C@H]3Cc4cc5ccc(=O)oc5cc4OC3(C)C)ncn2)c(OC)cc1N1CCN(C)CC1. The van der Waals surface area contributed by atoms with Gasteiger partial charge < -0.3 is 39.1 Å². The topological polar surface area (TPSA) is 131 Å². The van der Waals surface area contributed by atoms with Gasteiger partial charge in [0.1, 0.15) is 40.9 Å². The summed E-state index contributed by atoms with van der Waals surface area (Å²) < 4.78 is 23.8. The zero-order valence-electron chi connectivity index (χ0n) is 25.8. The van der Waals surface area contributed by atoms with E-state index in [9.17, 15) is 9.59 Å². The van der Waals surface area contributed by atoms with Gasteiger partial charge in [-0.15, -0.1) is 0 Å². The van der Waals surface area contributed by atoms with E-state index in [0.717, 1.165) is 42.8 Å². The van der Waals surface area contributed by atoms with E-state index in [2.05, 4.69) is 44.0 Å². The summed E-state index contributed by atoms with van der Waals surface area (Å²) in [5.41, 5.74) is 2.39. The number of hydrogen-bond acceptors (Lipinski definition) is 11. The molecule has 234 valence electrons. The summed E-state index contributed by atoms with van der Waals surface area (Å²) in [6.07, 6.45) is 2.84. The molecule has 6 rings (SSSR count). The first-order chi connectivity index (χ1) is 21.6. The van der Waals surface area contributed by atoms with Gasteiger partial charge in [-0.1, -0.05) is 6.58 Å². The third-order valence-electron chi connectivity index (χ3n) is 8.13. The number of ether oxygens (including phenoxy) is 3. The minimum atomic E-state index is -0.713. The summed E-state index contributed by atoms with van der Waals surface area (Å²) in [6, 6.07) is 12.3. The lowest BCUT2D eigenvalue weighted by molar-refractivity contribution is -0.111. The first kappa shape index (κ1) is 29.9. The molecule has 4 aromatic rings. The van der Waals surface area contributed by atoms with Crippen molar-refractivity contribution in [2.24, 2.45) is 0 Å². The van der Waals surface area contributed by atoms with Crippen LogP contribution in [0.25, 0.3) is 11.0 Å². The van der Waals surface area contributed by atoms with E-state index in [0.29, 0.717) is 46.6 Å². The van der Waals surface area contributed by atoms with Crippen molar-refractivity contribution in [2.45, 2.75) is 32.0 Å². The number of anilines is 4. The number of likely N-dealkylation sites (N-methyl/N-ethyl adjacent to an activating group) is 1. The van der Waals surface area contributed by atoms with Crippen LogP contribution < -0.4 is 35.4 Å². The Morgan fingerprint density at radius 2 is 1.89 bits per heavy atom. The molecule has 0 bridgehead atoms. The third-order valence-corrected chi connectivity index (χ3v) is 8.13. The van der Waals surface area contributed by atoms with Crippen molar-refractivity contribution in [3.63, 3.8) is 0 Å². The first-order valence-corrected chi connectivity index (χ1v) is 14.7. The molecule has 2 aromatic carbocycles. The van der Waals surface area contributed by atoms with Gasteiger partial charge in [0.05, 0.1) is 24.2 Å². The van der Waals surface area contributed by atoms with E-state index >= 15 is 0 Å². The molecule has 2 aliphatic rings. The van der Waals surface area contributed by atoms with Crippen molar-refractivity contribution in [3.05, 3.63) is 77.4 Å². The molecule has 0 radical (unpaired) electrons. The third kappa shape index (κ3) is 6.41. The highest BCUT2D eigenvalue weighted by Crippen LogP contribution is 2.40. The number of methoxy groups -OCH3 is 1. The highest BCUT2D eigenvalue weighted by Gasteiger charge is 2.39. The molecule has 2 aliphatic heterocycles. The molecular formula is C33H36N6O6. The van der Waals surface area contributed by atoms with Crippen LogP contribution in [0, 0.1) is 0 Å². The van der Waals surface area contributed by atoms with Gasteiger partial charge >= 0.3 is 5.63 Å². The maximum absolute atomic E-state index is 12.4. The Bertz CT molecular complexity index is 1810. The summed E-state index contributed by atoms with van der Waals surface area (Å²) in [6.45, 7) is 10.9. The Kier molecular flexibility index (Phi) is 8.07. The lowest BCUT2D eigenvalue weighted by Gasteiger charge is -2.39. The number of carbonyl (C=O) groups is 1. The van der Waals surface area contributed by atoms with Gasteiger partial charge in [0, 0.05) is 62.3 Å². The van der Waals surface area contributed by atoms with Gasteiger partial charge in [0.25, 0.3) is 0 Å². The number of fused-ring (bicyclic) bond motifs is 2. The van der Waals surface area contributed by atoms with E-state index in [1.165, 1.54) is 18.5 Å². The number of rotatable bonds is 8. The summed E-state index contributed by atoms with van der Waals surface area (Å²) in [5.74, 6) is 1.76. The van der Waals surface area contributed by atoms with Crippen LogP contribution in [-0.4, -0.2) is 72.8 Å². The van der Waals surface area contributed by atoms with Crippen molar-refractivity contribution in [1.82, 2.24) is 14.9 Å². The van der Waals surface area contributed by atoms with Crippen LogP contribution in [0.1, 0.15) is 19.4 Å². The van der Waals surface area contributed by atoms with Gasteiger partial charge in [-0.25, -0.2) is 14.8 Å². The molecule has 1 fully saturated rings. The quantitative estimate of drug-likeness (QED) is 0.217. The molecule has 12 nitrogen and oxygen atoms in total. The highest BCUT2D eigenvalue weighted by molar-refractivity contribution is 6.02. The normalized spacial score (nSPS) is 17.6. The molecule has 1 saturated heterocycles. The number of nitrogens with one attached hydrogen (secondary N) is 2. The number of carbonyl (C=O) groups excluding carboxylic acids is 1. The monoisotopic (exact) mass is 612 g/mol. The van der Waals surface area contributed by atoms with E-state index in [-0.39, 0.29) is 12.0 Å². The van der Waals surface area contributed by atoms with Crippen molar-refractivity contribution in [2.75, 3.05) is 55.9 Å². The van der Waals surface area contributed by atoms with Crippen LogP contribution in [0.3, 0.4) is 0 Å². The van der Waals surface area contributed by atoms with Gasteiger partial charge in [-0.3, -0.25) is 4.79 Å². The fraction of sp³-hybridized carbons (Fsp3) is 0.333. The van der Waals surface area contributed by atoms with Gasteiger partial charge in [0.15, 0.2) is 0 Å². The molecule has 2 N–H and O–H groups in total. The van der Waals surface area contributed by atoms with Crippen molar-refractivity contribution in [1.29, 1.82) is 0 Å². The second-order valence-electron chi connectivity index (χ2n) is 11.7. The lowest BCUT2D eigenvalue weighted by Crippen LogP contribution is -2.49. The largest absolute Gasteiger partial charge is 0.494 e. The van der Waals surface area contributed by atoms with E-state index < -0.39 is 11.2 Å². The van der Waals surface area contributed by atoms with E-state index in [1.54, 1.807) is 25.3 Å². The van der Waals surface area contributed by atoms with Crippen molar-refractivity contribution in [3.8, 4) is 17.4 Å². The second-order valence-corrected chi connectivity index (χ2v) is 11.7. The summed E-state index contributed by atoms with van der Waals surface area (Å²) in [7, 11) is 3.69. The molecule has 1 amide bonds. The van der Waals surface area contributed by atoms with Crippen LogP contribution >= 0.6 is 0 Å². The Hall–Kier alpha value is -5.10. The summed E-state index contributed by atoms with van der Waals surface area (Å²) >= 11 is 0. The summed E-state index contributed by atoms with van der Waals surface area (Å²) in [4.78, 5) is 37.3. The van der Waals surface area contributed by atoms with Gasteiger partial charge in [0.2, 0.25) is 11.8 Å². The number of hydrogen-bond donors (Lipinski definition) is 2. The molecule has 0 aliphatic carbocycles. The minimum absolute atomic E-state index is 0.310. The predicted octanol–water partition coefficient (Wildman–Crippen LogP) is 4.37. The zero-order chi connectivity index (χ0) is 31.7. The molecule has 1 atom stereocenters. The Morgan fingerprint density at radius 1 is 1.09 bits per heavy atom. The summed E-state index contributed by atoms with van der Waals surface area (Å²) in [5, 5.41) is 7.05. The zero-order valence-corrected chi connectivity index (χ0v) is 25.8. The van der Waals surface area contributed by atoms with Crippen LogP contribution in [0.4, 0.5) is 22.9 Å². The lowest BCUT2D eigenvalue weighted by atomic mass is 9.90. The predicted molar refractivity (Wildman–Crippen MR) is 172 cm³/mol. The average molecular weight is 613 g/mol. The van der Waals surface area contributed by atoms with E-state index in [1.807, 2.05) is 32.0 Å². The Balaban J connectivity index is 1.25. The number of benzene rings is 2. The maximum atomic E-state index is 12.4. The van der Waals surface area contributed by atoms with Crippen LogP contribution in [0.5, 0.6) is 17.4 Å². The van der Waals surface area contributed by atoms with Crippen LogP contribution in [0.15, 0.2) is 70.7 Å². The van der Waals surface area contributed by atoms with Gasteiger partial charge in [-0.2, -0.15) is 0 Å². The maximum Gasteiger partial charge on any atom is 0.336 e. The standard InChI is InChI=1S/C33H36N6O6/c1-6-30(40)37-22-15-23(27(42-5)16-24(22)39-11-9-38(4)10-12-39)36-29-18-31(35-19-34-29)44-28-14-21-13-20-7-8-32(41)43-25(20)17-26(21)45-33(28,2)3/h6-8,13,15-19,28H,1,9-12,14H2,2-5H3,(H,37,40)(H,34,35,36)/t28-/m0/s1. The smallest absolute Gasteiger partial charge is 0.336 e. The van der Waals surface area contributed by atoms with Crippen LogP contribution in [-0.2, 0) is 11.2 Å².